The Hall–Kier alpha value is -1.72. The van der Waals surface area contributed by atoms with E-state index in [9.17, 15) is 13.2 Å². The van der Waals surface area contributed by atoms with Crippen LogP contribution >= 0.6 is 22.9 Å². The number of hydrogen-bond acceptors (Lipinski definition) is 7. The van der Waals surface area contributed by atoms with Crippen LogP contribution in [-0.2, 0) is 19.6 Å². The van der Waals surface area contributed by atoms with E-state index in [1.165, 1.54) is 25.4 Å². The second-order valence-electron chi connectivity index (χ2n) is 5.09. The Morgan fingerprint density at radius 2 is 2.08 bits per heavy atom. The van der Waals surface area contributed by atoms with Gasteiger partial charge in [0, 0.05) is 20.2 Å². The third-order valence-electron chi connectivity index (χ3n) is 3.14. The number of carbonyl (C=O) groups excluding carboxylic acids is 1. The number of ether oxygens (including phenoxy) is 2. The van der Waals surface area contributed by atoms with Crippen molar-refractivity contribution in [3.05, 3.63) is 34.8 Å². The Bertz CT molecular complexity index is 839. The number of aromatic nitrogens is 1. The molecule has 26 heavy (non-hydrogen) atoms. The van der Waals surface area contributed by atoms with E-state index in [2.05, 4.69) is 10.3 Å². The van der Waals surface area contributed by atoms with Crippen molar-refractivity contribution in [1.82, 2.24) is 9.29 Å². The first-order valence-electron chi connectivity index (χ1n) is 7.42. The number of nitrogens with zero attached hydrogens (tertiary/aromatic N) is 2. The minimum Gasteiger partial charge on any atom is -0.475 e. The van der Waals surface area contributed by atoms with Gasteiger partial charge in [-0.25, -0.2) is 13.4 Å². The molecule has 0 fully saturated rings. The lowest BCUT2D eigenvalue weighted by molar-refractivity contribution is -0.116. The van der Waals surface area contributed by atoms with E-state index in [0.717, 1.165) is 15.6 Å². The van der Waals surface area contributed by atoms with E-state index in [4.69, 9.17) is 21.1 Å². The largest absolute Gasteiger partial charge is 0.475 e. The monoisotopic (exact) mass is 419 g/mol. The molecule has 0 aromatic carbocycles. The van der Waals surface area contributed by atoms with Crippen LogP contribution in [0, 0.1) is 0 Å². The van der Waals surface area contributed by atoms with Gasteiger partial charge in [-0.1, -0.05) is 11.6 Å². The first-order chi connectivity index (χ1) is 12.3. The molecule has 2 rings (SSSR count). The van der Waals surface area contributed by atoms with Crippen molar-refractivity contribution >= 4 is 44.6 Å². The summed E-state index contributed by atoms with van der Waals surface area (Å²) in [4.78, 5) is 16.1. The van der Waals surface area contributed by atoms with E-state index >= 15 is 0 Å². The van der Waals surface area contributed by atoms with Crippen molar-refractivity contribution in [2.45, 2.75) is 4.21 Å². The third-order valence-corrected chi connectivity index (χ3v) is 6.64. The van der Waals surface area contributed by atoms with Gasteiger partial charge >= 0.3 is 0 Å². The molecule has 0 radical (unpaired) electrons. The van der Waals surface area contributed by atoms with E-state index in [0.29, 0.717) is 29.1 Å². The lowest BCUT2D eigenvalue weighted by Crippen LogP contribution is -2.34. The van der Waals surface area contributed by atoms with Gasteiger partial charge in [-0.05, 0) is 18.2 Å². The first-order valence-corrected chi connectivity index (χ1v) is 10.1. The number of pyridine rings is 1. The van der Waals surface area contributed by atoms with E-state index in [1.54, 1.807) is 19.2 Å². The molecule has 142 valence electrons. The van der Waals surface area contributed by atoms with Gasteiger partial charge in [0.25, 0.3) is 10.0 Å². The number of rotatable bonds is 9. The average Bonchev–Trinajstić information content (AvgIpc) is 3.04. The summed E-state index contributed by atoms with van der Waals surface area (Å²) in [6.45, 7) is 0.463. The molecule has 2 heterocycles. The molecule has 1 N–H and O–H groups in total. The quantitative estimate of drug-likeness (QED) is 0.625. The smallest absolute Gasteiger partial charge is 0.252 e. The molecule has 2 aromatic heterocycles. The van der Waals surface area contributed by atoms with Crippen LogP contribution < -0.4 is 10.1 Å². The normalized spacial score (nSPS) is 11.5. The highest BCUT2D eigenvalue weighted by Crippen LogP contribution is 2.27. The number of halogens is 1. The summed E-state index contributed by atoms with van der Waals surface area (Å²) in [5.74, 6) is -0.0945. The Morgan fingerprint density at radius 3 is 2.65 bits per heavy atom. The molecule has 8 nitrogen and oxygen atoms in total. The number of anilines is 1. The number of thiophene rings is 1. The van der Waals surface area contributed by atoms with Crippen molar-refractivity contribution in [1.29, 1.82) is 0 Å². The number of methoxy groups -OCH3 is 1. The van der Waals surface area contributed by atoms with Gasteiger partial charge in [0.15, 0.2) is 0 Å². The van der Waals surface area contributed by atoms with Crippen LogP contribution in [0.5, 0.6) is 5.88 Å². The Kier molecular flexibility index (Phi) is 7.35. The fraction of sp³-hybridized carbons (Fsp3) is 0.333. The second kappa shape index (κ2) is 9.28. The first kappa shape index (κ1) is 20.6. The molecular weight excluding hydrogens is 402 g/mol. The summed E-state index contributed by atoms with van der Waals surface area (Å²) in [5, 5.41) is 2.59. The summed E-state index contributed by atoms with van der Waals surface area (Å²) < 4.78 is 36.3. The summed E-state index contributed by atoms with van der Waals surface area (Å²) >= 11 is 6.70. The molecule has 11 heteroatoms. The standard InChI is InChI=1S/C15H18ClN3O5S2/c1-19(26(21,22)15-6-4-12(16)25-15)10-13(20)18-11-3-5-14(17-9-11)24-8-7-23-2/h3-6,9H,7-8,10H2,1-2H3,(H,18,20). The van der Waals surface area contributed by atoms with Crippen molar-refractivity contribution < 1.29 is 22.7 Å². The zero-order chi connectivity index (χ0) is 19.2. The van der Waals surface area contributed by atoms with Crippen LogP contribution in [0.1, 0.15) is 0 Å². The van der Waals surface area contributed by atoms with Crippen molar-refractivity contribution in [2.75, 3.05) is 39.2 Å². The van der Waals surface area contributed by atoms with Gasteiger partial charge in [-0.2, -0.15) is 4.31 Å². The molecule has 2 aromatic rings. The number of sulfonamides is 1. The van der Waals surface area contributed by atoms with Gasteiger partial charge in [0.05, 0.1) is 29.4 Å². The summed E-state index contributed by atoms with van der Waals surface area (Å²) in [6, 6.07) is 6.11. The minimum atomic E-state index is -3.77. The van der Waals surface area contributed by atoms with Crippen LogP contribution in [-0.4, -0.2) is 57.5 Å². The van der Waals surface area contributed by atoms with Gasteiger partial charge in [-0.3, -0.25) is 4.79 Å². The zero-order valence-corrected chi connectivity index (χ0v) is 16.5. The summed E-state index contributed by atoms with van der Waals surface area (Å²) in [6.07, 6.45) is 1.42. The maximum absolute atomic E-state index is 12.4. The predicted molar refractivity (Wildman–Crippen MR) is 99.4 cm³/mol. The third kappa shape index (κ3) is 5.64. The fourth-order valence-electron chi connectivity index (χ4n) is 1.85. The van der Waals surface area contributed by atoms with Crippen molar-refractivity contribution in [3.8, 4) is 5.88 Å². The second-order valence-corrected chi connectivity index (χ2v) is 9.08. The predicted octanol–water partition coefficient (Wildman–Crippen LogP) is 2.08. The molecule has 0 aliphatic rings. The molecule has 0 spiro atoms. The minimum absolute atomic E-state index is 0.0806. The highest BCUT2D eigenvalue weighted by Gasteiger charge is 2.24. The molecule has 0 bridgehead atoms. The Morgan fingerprint density at radius 1 is 1.31 bits per heavy atom. The molecule has 0 aliphatic carbocycles. The van der Waals surface area contributed by atoms with Gasteiger partial charge < -0.3 is 14.8 Å². The maximum atomic E-state index is 12.4. The van der Waals surface area contributed by atoms with Gasteiger partial charge in [0.1, 0.15) is 10.8 Å². The highest BCUT2D eigenvalue weighted by atomic mass is 35.5. The van der Waals surface area contributed by atoms with Crippen molar-refractivity contribution in [2.24, 2.45) is 0 Å². The van der Waals surface area contributed by atoms with Crippen molar-refractivity contribution in [3.63, 3.8) is 0 Å². The van der Waals surface area contributed by atoms with Crippen LogP contribution in [0.2, 0.25) is 4.34 Å². The number of amides is 1. The zero-order valence-electron chi connectivity index (χ0n) is 14.1. The SMILES string of the molecule is COCCOc1ccc(NC(=O)CN(C)S(=O)(=O)c2ccc(Cl)s2)cn1. The Balaban J connectivity index is 1.91. The number of hydrogen-bond donors (Lipinski definition) is 1. The number of nitrogens with one attached hydrogen (secondary N) is 1. The highest BCUT2D eigenvalue weighted by molar-refractivity contribution is 7.91. The molecule has 0 atom stereocenters. The summed E-state index contributed by atoms with van der Waals surface area (Å²) in [7, 11) is -0.870. The number of likely N-dealkylation sites (N-methyl/N-ethyl adjacent to an activating group) is 1. The average molecular weight is 420 g/mol. The molecule has 1 amide bonds. The van der Waals surface area contributed by atoms with Gasteiger partial charge in [-0.15, -0.1) is 11.3 Å². The summed E-state index contributed by atoms with van der Waals surface area (Å²) in [5.41, 5.74) is 0.430. The fourth-order valence-corrected chi connectivity index (χ4v) is 4.67. The lowest BCUT2D eigenvalue weighted by atomic mass is 10.4. The van der Waals surface area contributed by atoms with E-state index in [1.807, 2.05) is 0 Å². The van der Waals surface area contributed by atoms with Crippen LogP contribution in [0.15, 0.2) is 34.7 Å². The molecule has 0 aliphatic heterocycles. The van der Waals surface area contributed by atoms with Gasteiger partial charge in [0.2, 0.25) is 11.8 Å². The van der Waals surface area contributed by atoms with Crippen LogP contribution in [0.4, 0.5) is 5.69 Å². The van der Waals surface area contributed by atoms with Crippen LogP contribution in [0.3, 0.4) is 0 Å². The van der Waals surface area contributed by atoms with E-state index in [-0.39, 0.29) is 10.8 Å². The topological polar surface area (TPSA) is 97.8 Å². The lowest BCUT2D eigenvalue weighted by Gasteiger charge is -2.15. The van der Waals surface area contributed by atoms with Crippen LogP contribution in [0.25, 0.3) is 0 Å². The van der Waals surface area contributed by atoms with E-state index < -0.39 is 15.9 Å². The molecular formula is C15H18ClN3O5S2. The molecule has 0 saturated carbocycles. The molecule has 0 unspecified atom stereocenters. The maximum Gasteiger partial charge on any atom is 0.252 e. The number of carbonyl (C=O) groups is 1. The Labute approximate surface area is 160 Å². The molecule has 0 saturated heterocycles.